The second-order valence-corrected chi connectivity index (χ2v) is 7.71. The summed E-state index contributed by atoms with van der Waals surface area (Å²) >= 11 is 0. The summed E-state index contributed by atoms with van der Waals surface area (Å²) in [6, 6.07) is 0. The quantitative estimate of drug-likeness (QED) is 0.280. The SMILES string of the molecule is CCCCCCCCCC[C@@](C)(CO)CCCCCCCC. The Morgan fingerprint density at radius 3 is 1.18 bits per heavy atom. The van der Waals surface area contributed by atoms with Crippen molar-refractivity contribution in [1.29, 1.82) is 0 Å². The first-order valence-corrected chi connectivity index (χ1v) is 10.3. The average molecular weight is 313 g/mol. The van der Waals surface area contributed by atoms with Crippen molar-refractivity contribution < 1.29 is 5.11 Å². The third kappa shape index (κ3) is 13.6. The molecule has 1 N–H and O–H groups in total. The van der Waals surface area contributed by atoms with Crippen molar-refractivity contribution >= 4 is 0 Å². The molecule has 0 saturated heterocycles. The van der Waals surface area contributed by atoms with E-state index >= 15 is 0 Å². The van der Waals surface area contributed by atoms with E-state index in [9.17, 15) is 5.11 Å². The molecule has 0 radical (unpaired) electrons. The van der Waals surface area contributed by atoms with Gasteiger partial charge in [0.25, 0.3) is 0 Å². The normalized spacial score (nSPS) is 14.2. The minimum Gasteiger partial charge on any atom is -0.396 e. The van der Waals surface area contributed by atoms with Crippen LogP contribution in [-0.4, -0.2) is 11.7 Å². The molecule has 0 aliphatic rings. The van der Waals surface area contributed by atoms with E-state index in [4.69, 9.17) is 0 Å². The molecule has 134 valence electrons. The van der Waals surface area contributed by atoms with Crippen molar-refractivity contribution in [3.05, 3.63) is 0 Å². The van der Waals surface area contributed by atoms with E-state index < -0.39 is 0 Å². The van der Waals surface area contributed by atoms with E-state index in [1.807, 2.05) is 0 Å². The second kappa shape index (κ2) is 15.8. The minimum absolute atomic E-state index is 0.187. The molecule has 0 rings (SSSR count). The fourth-order valence-corrected chi connectivity index (χ4v) is 3.30. The molecule has 0 fully saturated rings. The third-order valence-corrected chi connectivity index (χ3v) is 5.15. The number of hydrogen-bond donors (Lipinski definition) is 1. The van der Waals surface area contributed by atoms with Crippen molar-refractivity contribution in [3.63, 3.8) is 0 Å². The molecule has 1 nitrogen and oxygen atoms in total. The molecule has 0 amide bonds. The zero-order chi connectivity index (χ0) is 16.5. The monoisotopic (exact) mass is 312 g/mol. The molecule has 0 aromatic carbocycles. The smallest absolute Gasteiger partial charge is 0.0484 e. The average Bonchev–Trinajstić information content (AvgIpc) is 2.53. The summed E-state index contributed by atoms with van der Waals surface area (Å²) in [5.74, 6) is 0. The summed E-state index contributed by atoms with van der Waals surface area (Å²) in [6.45, 7) is 7.21. The lowest BCUT2D eigenvalue weighted by atomic mass is 9.80. The van der Waals surface area contributed by atoms with Crippen LogP contribution in [0.2, 0.25) is 0 Å². The van der Waals surface area contributed by atoms with Crippen molar-refractivity contribution in [1.82, 2.24) is 0 Å². The van der Waals surface area contributed by atoms with Gasteiger partial charge in [0.15, 0.2) is 0 Å². The topological polar surface area (TPSA) is 20.2 Å². The van der Waals surface area contributed by atoms with Gasteiger partial charge in [-0.15, -0.1) is 0 Å². The second-order valence-electron chi connectivity index (χ2n) is 7.71. The maximum absolute atomic E-state index is 9.73. The lowest BCUT2D eigenvalue weighted by Crippen LogP contribution is -2.21. The molecule has 0 bridgehead atoms. The van der Waals surface area contributed by atoms with Crippen molar-refractivity contribution in [2.24, 2.45) is 5.41 Å². The molecule has 0 aliphatic heterocycles. The van der Waals surface area contributed by atoms with Crippen LogP contribution in [0.5, 0.6) is 0 Å². The van der Waals surface area contributed by atoms with E-state index in [2.05, 4.69) is 20.8 Å². The Morgan fingerprint density at radius 2 is 0.864 bits per heavy atom. The lowest BCUT2D eigenvalue weighted by molar-refractivity contribution is 0.116. The first kappa shape index (κ1) is 22.0. The predicted molar refractivity (Wildman–Crippen MR) is 100 cm³/mol. The van der Waals surface area contributed by atoms with Crippen LogP contribution in [0, 0.1) is 5.41 Å². The van der Waals surface area contributed by atoms with Gasteiger partial charge < -0.3 is 5.11 Å². The highest BCUT2D eigenvalue weighted by molar-refractivity contribution is 4.73. The molecule has 0 aromatic heterocycles. The molecule has 0 spiro atoms. The Bertz CT molecular complexity index is 214. The Hall–Kier alpha value is -0.0400. The summed E-state index contributed by atoms with van der Waals surface area (Å²) in [5, 5.41) is 9.73. The molecule has 0 saturated carbocycles. The highest BCUT2D eigenvalue weighted by Gasteiger charge is 2.21. The number of rotatable bonds is 17. The molecule has 0 aliphatic carbocycles. The number of aliphatic hydroxyl groups excluding tert-OH is 1. The van der Waals surface area contributed by atoms with Gasteiger partial charge >= 0.3 is 0 Å². The van der Waals surface area contributed by atoms with Crippen LogP contribution in [0.4, 0.5) is 0 Å². The predicted octanol–water partition coefficient (Wildman–Crippen LogP) is 7.27. The molecule has 0 heterocycles. The van der Waals surface area contributed by atoms with Crippen LogP contribution in [0.1, 0.15) is 124 Å². The van der Waals surface area contributed by atoms with Gasteiger partial charge in [0.1, 0.15) is 0 Å². The summed E-state index contributed by atoms with van der Waals surface area (Å²) in [5.41, 5.74) is 0.187. The molecule has 0 aromatic rings. The van der Waals surface area contributed by atoms with E-state index in [1.54, 1.807) is 0 Å². The summed E-state index contributed by atoms with van der Waals surface area (Å²) in [7, 11) is 0. The number of hydrogen-bond acceptors (Lipinski definition) is 1. The van der Waals surface area contributed by atoms with Crippen LogP contribution in [0.15, 0.2) is 0 Å². The van der Waals surface area contributed by atoms with Gasteiger partial charge in [0.05, 0.1) is 0 Å². The van der Waals surface area contributed by atoms with Gasteiger partial charge in [-0.3, -0.25) is 0 Å². The van der Waals surface area contributed by atoms with E-state index in [0.29, 0.717) is 6.61 Å². The molecule has 1 heteroatoms. The van der Waals surface area contributed by atoms with E-state index in [1.165, 1.54) is 103 Å². The van der Waals surface area contributed by atoms with Gasteiger partial charge in [-0.1, -0.05) is 111 Å². The lowest BCUT2D eigenvalue weighted by Gasteiger charge is -2.27. The Labute approximate surface area is 141 Å². The fraction of sp³-hybridized carbons (Fsp3) is 1.00. The summed E-state index contributed by atoms with van der Waals surface area (Å²) < 4.78 is 0. The van der Waals surface area contributed by atoms with Crippen LogP contribution < -0.4 is 0 Å². The van der Waals surface area contributed by atoms with Crippen molar-refractivity contribution in [3.8, 4) is 0 Å². The maximum atomic E-state index is 9.73. The molecule has 22 heavy (non-hydrogen) atoms. The third-order valence-electron chi connectivity index (χ3n) is 5.15. The van der Waals surface area contributed by atoms with Gasteiger partial charge in [-0.2, -0.15) is 0 Å². The van der Waals surface area contributed by atoms with Crippen molar-refractivity contribution in [2.45, 2.75) is 124 Å². The van der Waals surface area contributed by atoms with Crippen LogP contribution in [-0.2, 0) is 0 Å². The van der Waals surface area contributed by atoms with Gasteiger partial charge in [-0.25, -0.2) is 0 Å². The van der Waals surface area contributed by atoms with Gasteiger partial charge in [-0.05, 0) is 18.3 Å². The van der Waals surface area contributed by atoms with Crippen LogP contribution >= 0.6 is 0 Å². The largest absolute Gasteiger partial charge is 0.396 e. The Balaban J connectivity index is 3.53. The standard InChI is InChI=1S/C21H44O/c1-4-6-8-10-12-13-15-17-19-21(3,20-22)18-16-14-11-9-7-5-2/h22H,4-20H2,1-3H3/t21-/m0/s1. The Kier molecular flexibility index (Phi) is 15.8. The van der Waals surface area contributed by atoms with E-state index in [-0.39, 0.29) is 5.41 Å². The maximum Gasteiger partial charge on any atom is 0.0484 e. The molecule has 0 unspecified atom stereocenters. The van der Waals surface area contributed by atoms with Gasteiger partial charge in [0, 0.05) is 6.61 Å². The summed E-state index contributed by atoms with van der Waals surface area (Å²) in [6.07, 6.45) is 21.6. The van der Waals surface area contributed by atoms with Crippen molar-refractivity contribution in [2.75, 3.05) is 6.61 Å². The number of aliphatic hydroxyl groups is 1. The zero-order valence-corrected chi connectivity index (χ0v) is 16.0. The van der Waals surface area contributed by atoms with Crippen LogP contribution in [0.3, 0.4) is 0 Å². The highest BCUT2D eigenvalue weighted by atomic mass is 16.3. The summed E-state index contributed by atoms with van der Waals surface area (Å²) in [4.78, 5) is 0. The first-order valence-electron chi connectivity index (χ1n) is 10.3. The zero-order valence-electron chi connectivity index (χ0n) is 16.0. The fourth-order valence-electron chi connectivity index (χ4n) is 3.30. The van der Waals surface area contributed by atoms with Gasteiger partial charge in [0.2, 0.25) is 0 Å². The minimum atomic E-state index is 0.187. The number of unbranched alkanes of at least 4 members (excludes halogenated alkanes) is 12. The molecular weight excluding hydrogens is 268 g/mol. The molecule has 1 atom stereocenters. The van der Waals surface area contributed by atoms with Crippen LogP contribution in [0.25, 0.3) is 0 Å². The molecular formula is C21H44O. The Morgan fingerprint density at radius 1 is 0.545 bits per heavy atom. The highest BCUT2D eigenvalue weighted by Crippen LogP contribution is 2.30. The first-order chi connectivity index (χ1) is 10.7. The van der Waals surface area contributed by atoms with E-state index in [0.717, 1.165) is 0 Å².